The summed E-state index contributed by atoms with van der Waals surface area (Å²) in [6.45, 7) is 7.85. The van der Waals surface area contributed by atoms with Crippen LogP contribution in [-0.4, -0.2) is 22.6 Å². The molecule has 0 bridgehead atoms. The van der Waals surface area contributed by atoms with Gasteiger partial charge in [-0.3, -0.25) is 0 Å². The molecule has 0 fully saturated rings. The molecule has 0 aliphatic carbocycles. The van der Waals surface area contributed by atoms with Crippen LogP contribution in [-0.2, 0) is 6.42 Å². The van der Waals surface area contributed by atoms with Crippen LogP contribution < -0.4 is 5.32 Å². The highest BCUT2D eigenvalue weighted by Gasteiger charge is 2.14. The molecule has 0 radical (unpaired) electrons. The van der Waals surface area contributed by atoms with Gasteiger partial charge in [0, 0.05) is 12.5 Å². The number of fused-ring (bicyclic) bond motifs is 1. The molecule has 0 aliphatic rings. The summed E-state index contributed by atoms with van der Waals surface area (Å²) < 4.78 is 1.24. The summed E-state index contributed by atoms with van der Waals surface area (Å²) in [6.07, 6.45) is 5.05. The first-order valence-electron chi connectivity index (χ1n) is 7.11. The molecular weight excluding hydrogens is 254 g/mol. The van der Waals surface area contributed by atoms with Crippen molar-refractivity contribution < 1.29 is 0 Å². The first-order valence-corrected chi connectivity index (χ1v) is 7.99. The van der Waals surface area contributed by atoms with E-state index in [2.05, 4.69) is 47.5 Å². The van der Waals surface area contributed by atoms with Crippen molar-refractivity contribution in [1.29, 1.82) is 0 Å². The summed E-state index contributed by atoms with van der Waals surface area (Å²) >= 11 is 1.75. The summed E-state index contributed by atoms with van der Waals surface area (Å²) in [6, 6.07) is 2.59. The predicted molar refractivity (Wildman–Crippen MR) is 82.7 cm³/mol. The lowest BCUT2D eigenvalue weighted by atomic mass is 9.99. The molecule has 4 heteroatoms. The van der Waals surface area contributed by atoms with E-state index in [0.29, 0.717) is 12.0 Å². The van der Waals surface area contributed by atoms with Crippen LogP contribution in [0.15, 0.2) is 17.8 Å². The molecule has 19 heavy (non-hydrogen) atoms. The Morgan fingerprint density at radius 1 is 1.32 bits per heavy atom. The average molecular weight is 277 g/mol. The van der Waals surface area contributed by atoms with Crippen LogP contribution in [0.4, 0.5) is 0 Å². The summed E-state index contributed by atoms with van der Waals surface area (Å²) in [5.74, 6) is 0.704. The summed E-state index contributed by atoms with van der Waals surface area (Å²) in [7, 11) is 0. The van der Waals surface area contributed by atoms with Gasteiger partial charge >= 0.3 is 0 Å². The van der Waals surface area contributed by atoms with E-state index in [4.69, 9.17) is 0 Å². The summed E-state index contributed by atoms with van der Waals surface area (Å²) in [4.78, 5) is 8.80. The third kappa shape index (κ3) is 3.98. The molecule has 1 atom stereocenters. The number of aromatic nitrogens is 2. The van der Waals surface area contributed by atoms with Crippen LogP contribution in [0, 0.1) is 5.92 Å². The van der Waals surface area contributed by atoms with Gasteiger partial charge in [-0.25, -0.2) is 9.97 Å². The lowest BCUT2D eigenvalue weighted by molar-refractivity contribution is 0.414. The topological polar surface area (TPSA) is 37.8 Å². The van der Waals surface area contributed by atoms with Crippen molar-refractivity contribution in [1.82, 2.24) is 15.3 Å². The average Bonchev–Trinajstić information content (AvgIpc) is 2.84. The Morgan fingerprint density at radius 3 is 2.89 bits per heavy atom. The molecule has 0 spiro atoms. The second-order valence-electron chi connectivity index (χ2n) is 5.44. The van der Waals surface area contributed by atoms with Gasteiger partial charge in [0.05, 0.1) is 15.9 Å². The molecule has 2 heterocycles. The highest BCUT2D eigenvalue weighted by Crippen LogP contribution is 2.23. The molecule has 2 aromatic heterocycles. The Balaban J connectivity index is 2.12. The number of hydrogen-bond donors (Lipinski definition) is 1. The van der Waals surface area contributed by atoms with E-state index in [-0.39, 0.29) is 0 Å². The molecule has 0 aromatic carbocycles. The zero-order chi connectivity index (χ0) is 13.7. The predicted octanol–water partition coefficient (Wildman–Crippen LogP) is 3.65. The maximum Gasteiger partial charge on any atom is 0.116 e. The zero-order valence-corrected chi connectivity index (χ0v) is 12.8. The SMILES string of the molecule is CCCNC(Cc1ncnc2ccsc12)CC(C)C. The Bertz CT molecular complexity index is 507. The minimum Gasteiger partial charge on any atom is -0.314 e. The highest BCUT2D eigenvalue weighted by atomic mass is 32.1. The monoisotopic (exact) mass is 277 g/mol. The Kier molecular flexibility index (Phi) is 5.28. The van der Waals surface area contributed by atoms with Gasteiger partial charge in [-0.15, -0.1) is 11.3 Å². The minimum atomic E-state index is 0.514. The van der Waals surface area contributed by atoms with Crippen LogP contribution in [0.3, 0.4) is 0 Å². The second-order valence-corrected chi connectivity index (χ2v) is 6.36. The molecule has 0 saturated heterocycles. The van der Waals surface area contributed by atoms with Crippen molar-refractivity contribution in [2.24, 2.45) is 5.92 Å². The molecule has 1 N–H and O–H groups in total. The van der Waals surface area contributed by atoms with E-state index in [1.54, 1.807) is 17.7 Å². The largest absolute Gasteiger partial charge is 0.314 e. The van der Waals surface area contributed by atoms with Crippen LogP contribution in [0.5, 0.6) is 0 Å². The van der Waals surface area contributed by atoms with Crippen LogP contribution in [0.25, 0.3) is 10.2 Å². The molecular formula is C15H23N3S. The number of thiophene rings is 1. The fourth-order valence-electron chi connectivity index (χ4n) is 2.37. The normalized spacial score (nSPS) is 13.3. The van der Waals surface area contributed by atoms with Gasteiger partial charge in [0.1, 0.15) is 6.33 Å². The van der Waals surface area contributed by atoms with E-state index < -0.39 is 0 Å². The van der Waals surface area contributed by atoms with E-state index >= 15 is 0 Å². The number of nitrogens with one attached hydrogen (secondary N) is 1. The first kappa shape index (κ1) is 14.4. The Morgan fingerprint density at radius 2 is 2.16 bits per heavy atom. The minimum absolute atomic E-state index is 0.514. The first-order chi connectivity index (χ1) is 9.20. The lowest BCUT2D eigenvalue weighted by Crippen LogP contribution is -2.33. The Labute approximate surface area is 119 Å². The molecule has 2 aromatic rings. The van der Waals surface area contributed by atoms with E-state index in [0.717, 1.165) is 18.5 Å². The van der Waals surface area contributed by atoms with Crippen molar-refractivity contribution in [2.75, 3.05) is 6.54 Å². The third-order valence-corrected chi connectivity index (χ3v) is 4.15. The fraction of sp³-hybridized carbons (Fsp3) is 0.600. The van der Waals surface area contributed by atoms with Gasteiger partial charge in [-0.1, -0.05) is 20.8 Å². The van der Waals surface area contributed by atoms with Gasteiger partial charge in [-0.2, -0.15) is 0 Å². The smallest absolute Gasteiger partial charge is 0.116 e. The summed E-state index contributed by atoms with van der Waals surface area (Å²) in [5.41, 5.74) is 2.27. The number of hydrogen-bond acceptors (Lipinski definition) is 4. The van der Waals surface area contributed by atoms with Crippen molar-refractivity contribution >= 4 is 21.6 Å². The van der Waals surface area contributed by atoms with Gasteiger partial charge in [0.2, 0.25) is 0 Å². The number of nitrogens with zero attached hydrogens (tertiary/aromatic N) is 2. The fourth-order valence-corrected chi connectivity index (χ4v) is 3.22. The van der Waals surface area contributed by atoms with Gasteiger partial charge in [-0.05, 0) is 36.8 Å². The van der Waals surface area contributed by atoms with Gasteiger partial charge < -0.3 is 5.32 Å². The molecule has 1 unspecified atom stereocenters. The maximum atomic E-state index is 4.49. The van der Waals surface area contributed by atoms with Crippen molar-refractivity contribution in [3.05, 3.63) is 23.5 Å². The molecule has 3 nitrogen and oxygen atoms in total. The maximum absolute atomic E-state index is 4.49. The van der Waals surface area contributed by atoms with E-state index in [9.17, 15) is 0 Å². The summed E-state index contributed by atoms with van der Waals surface area (Å²) in [5, 5.41) is 5.75. The van der Waals surface area contributed by atoms with Crippen LogP contribution in [0.1, 0.15) is 39.3 Å². The number of rotatable bonds is 7. The standard InChI is InChI=1S/C15H23N3S/c1-4-6-16-12(8-11(2)3)9-14-15-13(5-7-19-15)17-10-18-14/h5,7,10-12,16H,4,6,8-9H2,1-3H3. The molecule has 0 saturated carbocycles. The molecule has 104 valence electrons. The zero-order valence-electron chi connectivity index (χ0n) is 12.0. The second kappa shape index (κ2) is 6.96. The van der Waals surface area contributed by atoms with Crippen molar-refractivity contribution in [2.45, 2.75) is 46.1 Å². The lowest BCUT2D eigenvalue weighted by Gasteiger charge is -2.20. The molecule has 0 aliphatic heterocycles. The van der Waals surface area contributed by atoms with Crippen molar-refractivity contribution in [3.8, 4) is 0 Å². The van der Waals surface area contributed by atoms with Crippen LogP contribution >= 0.6 is 11.3 Å². The van der Waals surface area contributed by atoms with Crippen molar-refractivity contribution in [3.63, 3.8) is 0 Å². The highest BCUT2D eigenvalue weighted by molar-refractivity contribution is 7.17. The Hall–Kier alpha value is -1.000. The van der Waals surface area contributed by atoms with Crippen LogP contribution in [0.2, 0.25) is 0 Å². The van der Waals surface area contributed by atoms with Gasteiger partial charge in [0.15, 0.2) is 0 Å². The van der Waals surface area contributed by atoms with Gasteiger partial charge in [0.25, 0.3) is 0 Å². The quantitative estimate of drug-likeness (QED) is 0.839. The molecule has 0 amide bonds. The van der Waals surface area contributed by atoms with E-state index in [1.165, 1.54) is 23.2 Å². The van der Waals surface area contributed by atoms with E-state index in [1.807, 2.05) is 0 Å². The third-order valence-electron chi connectivity index (χ3n) is 3.20. The molecule has 2 rings (SSSR count).